The number of hydrogen-bond acceptors (Lipinski definition) is 7. The number of anilines is 2. The largest absolute Gasteiger partial charge is 0.453 e. The van der Waals surface area contributed by atoms with Crippen molar-refractivity contribution in [3.63, 3.8) is 0 Å². The highest BCUT2D eigenvalue weighted by Gasteiger charge is 2.18. The van der Waals surface area contributed by atoms with Gasteiger partial charge in [0.1, 0.15) is 17.3 Å². The van der Waals surface area contributed by atoms with E-state index in [4.69, 9.17) is 4.42 Å². The number of benzene rings is 2. The van der Waals surface area contributed by atoms with E-state index >= 15 is 0 Å². The van der Waals surface area contributed by atoms with Gasteiger partial charge in [-0.15, -0.1) is 0 Å². The second-order valence-electron chi connectivity index (χ2n) is 8.91. The number of methoxy groups -OCH3 is 1. The van der Waals surface area contributed by atoms with Crippen LogP contribution < -0.4 is 15.8 Å². The number of nitriles is 1. The van der Waals surface area contributed by atoms with Crippen LogP contribution in [0.15, 0.2) is 57.9 Å². The van der Waals surface area contributed by atoms with E-state index in [1.165, 1.54) is 12.7 Å². The topological polar surface area (TPSA) is 115 Å². The van der Waals surface area contributed by atoms with E-state index in [0.717, 1.165) is 67.5 Å². The first-order valence-corrected chi connectivity index (χ1v) is 11.9. The summed E-state index contributed by atoms with van der Waals surface area (Å²) in [6, 6.07) is 15.9. The molecule has 5 rings (SSSR count). The molecule has 0 spiro atoms. The van der Waals surface area contributed by atoms with Crippen molar-refractivity contribution in [3.8, 4) is 6.07 Å². The number of aryl methyl sites for hydroxylation is 1. The van der Waals surface area contributed by atoms with E-state index < -0.39 is 11.7 Å². The smallest absolute Gasteiger partial charge is 0.411 e. The number of fused-ring (bicyclic) bond motifs is 2. The van der Waals surface area contributed by atoms with Crippen molar-refractivity contribution in [2.24, 2.45) is 0 Å². The molecule has 0 bridgehead atoms. The Bertz CT molecular complexity index is 1510. The second-order valence-corrected chi connectivity index (χ2v) is 8.91. The predicted molar refractivity (Wildman–Crippen MR) is 138 cm³/mol. The number of rotatable bonds is 6. The maximum Gasteiger partial charge on any atom is 0.411 e. The van der Waals surface area contributed by atoms with Crippen molar-refractivity contribution in [3.05, 3.63) is 70.2 Å². The lowest BCUT2D eigenvalue weighted by Gasteiger charge is -2.36. The first kappa shape index (κ1) is 23.5. The van der Waals surface area contributed by atoms with Crippen LogP contribution in [0, 0.1) is 11.3 Å². The summed E-state index contributed by atoms with van der Waals surface area (Å²) < 4.78 is 9.91. The molecular formula is C27H27N5O4. The molecule has 2 aromatic heterocycles. The maximum atomic E-state index is 12.1. The van der Waals surface area contributed by atoms with Gasteiger partial charge in [-0.25, -0.2) is 9.59 Å². The Balaban J connectivity index is 1.17. The number of carbonyl (C=O) groups excluding carboxylic acids is 1. The normalized spacial score (nSPS) is 14.2. The van der Waals surface area contributed by atoms with Gasteiger partial charge in [-0.05, 0) is 61.3 Å². The number of nitrogens with zero attached hydrogens (tertiary/aromatic N) is 3. The minimum absolute atomic E-state index is 0.0517. The molecule has 184 valence electrons. The Morgan fingerprint density at radius 3 is 2.78 bits per heavy atom. The summed E-state index contributed by atoms with van der Waals surface area (Å²) in [6.07, 6.45) is 3.08. The monoisotopic (exact) mass is 485 g/mol. The van der Waals surface area contributed by atoms with Crippen LogP contribution in [-0.4, -0.2) is 55.8 Å². The van der Waals surface area contributed by atoms with Gasteiger partial charge in [-0.1, -0.05) is 6.07 Å². The maximum absolute atomic E-state index is 12.1. The Morgan fingerprint density at radius 2 is 2.00 bits per heavy atom. The van der Waals surface area contributed by atoms with Crippen LogP contribution in [0.25, 0.3) is 21.9 Å². The van der Waals surface area contributed by atoms with Gasteiger partial charge in [-0.3, -0.25) is 10.2 Å². The molecule has 1 aliphatic rings. The minimum atomic E-state index is -0.717. The summed E-state index contributed by atoms with van der Waals surface area (Å²) in [4.78, 5) is 31.5. The molecule has 9 nitrogen and oxygen atoms in total. The molecule has 2 aromatic carbocycles. The van der Waals surface area contributed by atoms with E-state index in [-0.39, 0.29) is 5.69 Å². The number of H-pyrrole nitrogens is 1. The molecule has 0 saturated carbocycles. The quantitative estimate of drug-likeness (QED) is 0.396. The van der Waals surface area contributed by atoms with Gasteiger partial charge in [0.05, 0.1) is 12.7 Å². The molecule has 9 heteroatoms. The third-order valence-electron chi connectivity index (χ3n) is 6.68. The van der Waals surface area contributed by atoms with Crippen LogP contribution in [0.1, 0.15) is 17.5 Å². The molecule has 0 atom stereocenters. The SMILES string of the molecule is COC(=O)Nc1cc2cc(N3CCN(CCCc4ccc5[nH]cc(C#N)c5c4)CC3)ccc2oc1=O. The molecule has 0 radical (unpaired) electrons. The number of carbonyl (C=O) groups is 1. The average Bonchev–Trinajstić information content (AvgIpc) is 3.31. The Kier molecular flexibility index (Phi) is 6.60. The molecule has 0 unspecified atom stereocenters. The van der Waals surface area contributed by atoms with Crippen molar-refractivity contribution in [1.82, 2.24) is 9.88 Å². The molecule has 1 aliphatic heterocycles. The highest BCUT2D eigenvalue weighted by atomic mass is 16.5. The van der Waals surface area contributed by atoms with Gasteiger partial charge < -0.3 is 19.0 Å². The average molecular weight is 486 g/mol. The molecule has 3 heterocycles. The van der Waals surface area contributed by atoms with E-state index in [1.807, 2.05) is 18.2 Å². The van der Waals surface area contributed by atoms with Crippen molar-refractivity contribution in [2.75, 3.05) is 50.1 Å². The van der Waals surface area contributed by atoms with Gasteiger partial charge in [0.2, 0.25) is 0 Å². The molecule has 0 aliphatic carbocycles. The van der Waals surface area contributed by atoms with Gasteiger partial charge in [-0.2, -0.15) is 5.26 Å². The Hall–Kier alpha value is -4.29. The summed E-state index contributed by atoms with van der Waals surface area (Å²) in [5.41, 5.74) is 3.89. The number of piperazine rings is 1. The fourth-order valence-corrected chi connectivity index (χ4v) is 4.71. The lowest BCUT2D eigenvalue weighted by Crippen LogP contribution is -2.46. The van der Waals surface area contributed by atoms with Gasteiger partial charge >= 0.3 is 11.7 Å². The summed E-state index contributed by atoms with van der Waals surface area (Å²) in [6.45, 7) is 4.75. The first-order valence-electron chi connectivity index (χ1n) is 11.9. The third-order valence-corrected chi connectivity index (χ3v) is 6.68. The zero-order chi connectivity index (χ0) is 25.1. The van der Waals surface area contributed by atoms with Crippen LogP contribution >= 0.6 is 0 Å². The number of amides is 1. The summed E-state index contributed by atoms with van der Waals surface area (Å²) in [5.74, 6) is 0. The van der Waals surface area contributed by atoms with Crippen molar-refractivity contribution in [2.45, 2.75) is 12.8 Å². The second kappa shape index (κ2) is 10.1. The van der Waals surface area contributed by atoms with E-state index in [2.05, 4.69) is 43.0 Å². The Labute approximate surface area is 207 Å². The van der Waals surface area contributed by atoms with Crippen molar-refractivity contribution >= 4 is 39.3 Å². The van der Waals surface area contributed by atoms with E-state index in [1.54, 1.807) is 18.3 Å². The number of nitrogens with one attached hydrogen (secondary N) is 2. The van der Waals surface area contributed by atoms with E-state index in [9.17, 15) is 14.9 Å². The molecule has 1 amide bonds. The summed E-state index contributed by atoms with van der Waals surface area (Å²) in [5, 5.41) is 13.4. The fourth-order valence-electron chi connectivity index (χ4n) is 4.71. The fraction of sp³-hybridized carbons (Fsp3) is 0.296. The third kappa shape index (κ3) is 4.90. The molecule has 2 N–H and O–H groups in total. The molecule has 1 fully saturated rings. The highest BCUT2D eigenvalue weighted by Crippen LogP contribution is 2.25. The molecule has 36 heavy (non-hydrogen) atoms. The van der Waals surface area contributed by atoms with Crippen molar-refractivity contribution < 1.29 is 13.9 Å². The van der Waals surface area contributed by atoms with Crippen LogP contribution in [-0.2, 0) is 11.2 Å². The number of ether oxygens (including phenoxy) is 1. The standard InChI is InChI=1S/C27H27N5O4/c1-35-27(34)30-24-15-19-14-21(5-7-25(19)36-26(24)33)32-11-9-31(10-12-32)8-2-3-18-4-6-23-22(13-18)20(16-28)17-29-23/h4-7,13-15,17,29H,2-3,8-12H2,1H3,(H,30,34). The first-order chi connectivity index (χ1) is 17.5. The zero-order valence-corrected chi connectivity index (χ0v) is 20.0. The van der Waals surface area contributed by atoms with Gasteiger partial charge in [0.25, 0.3) is 0 Å². The molecular weight excluding hydrogens is 458 g/mol. The number of hydrogen-bond donors (Lipinski definition) is 2. The van der Waals surface area contributed by atoms with E-state index in [0.29, 0.717) is 11.1 Å². The lowest BCUT2D eigenvalue weighted by molar-refractivity contribution is 0.187. The Morgan fingerprint density at radius 1 is 1.17 bits per heavy atom. The minimum Gasteiger partial charge on any atom is -0.453 e. The molecule has 4 aromatic rings. The highest BCUT2D eigenvalue weighted by molar-refractivity contribution is 5.89. The van der Waals surface area contributed by atoms with Crippen LogP contribution in [0.3, 0.4) is 0 Å². The van der Waals surface area contributed by atoms with Crippen LogP contribution in [0.4, 0.5) is 16.2 Å². The van der Waals surface area contributed by atoms with Gasteiger partial charge in [0, 0.05) is 54.4 Å². The van der Waals surface area contributed by atoms with Crippen LogP contribution in [0.2, 0.25) is 0 Å². The van der Waals surface area contributed by atoms with Crippen LogP contribution in [0.5, 0.6) is 0 Å². The number of aromatic nitrogens is 1. The lowest BCUT2D eigenvalue weighted by atomic mass is 10.1. The summed E-state index contributed by atoms with van der Waals surface area (Å²) >= 11 is 0. The number of aromatic amines is 1. The zero-order valence-electron chi connectivity index (χ0n) is 20.0. The van der Waals surface area contributed by atoms with Crippen molar-refractivity contribution in [1.29, 1.82) is 5.26 Å². The predicted octanol–water partition coefficient (Wildman–Crippen LogP) is 4.08. The summed E-state index contributed by atoms with van der Waals surface area (Å²) in [7, 11) is 1.24. The van der Waals surface area contributed by atoms with Gasteiger partial charge in [0.15, 0.2) is 0 Å². The molecule has 1 saturated heterocycles.